The van der Waals surface area contributed by atoms with Gasteiger partial charge in [-0.1, -0.05) is 38.1 Å². The highest BCUT2D eigenvalue weighted by atomic mass is 14.9. The van der Waals surface area contributed by atoms with E-state index in [1.807, 2.05) is 12.1 Å². The summed E-state index contributed by atoms with van der Waals surface area (Å²) in [6.45, 7) is 4.56. The van der Waals surface area contributed by atoms with Crippen LogP contribution in [0.2, 0.25) is 0 Å². The van der Waals surface area contributed by atoms with E-state index in [1.165, 1.54) is 11.1 Å². The number of hydrogen-bond acceptors (Lipinski definition) is 3. The maximum Gasteiger partial charge on any atom is 0.140 e. The van der Waals surface area contributed by atoms with Gasteiger partial charge in [-0.25, -0.2) is 4.98 Å². The SMILES string of the molecule is CC1(C)CC(Nc2ccc(C#N)nc2)c2ccccc21. The quantitative estimate of drug-likeness (QED) is 0.896. The number of hydrogen-bond donors (Lipinski definition) is 1. The lowest BCUT2D eigenvalue weighted by molar-refractivity contribution is 0.493. The molecule has 3 nitrogen and oxygen atoms in total. The molecule has 2 aromatic rings. The minimum absolute atomic E-state index is 0.189. The Morgan fingerprint density at radius 1 is 1.25 bits per heavy atom. The molecule has 100 valence electrons. The average molecular weight is 263 g/mol. The fourth-order valence-electron chi connectivity index (χ4n) is 3.02. The van der Waals surface area contributed by atoms with Crippen molar-refractivity contribution in [2.45, 2.75) is 31.7 Å². The van der Waals surface area contributed by atoms with Crippen molar-refractivity contribution >= 4 is 5.69 Å². The number of nitrogens with zero attached hydrogens (tertiary/aromatic N) is 2. The Labute approximate surface area is 119 Å². The van der Waals surface area contributed by atoms with Crippen molar-refractivity contribution in [3.05, 3.63) is 59.4 Å². The van der Waals surface area contributed by atoms with Gasteiger partial charge in [0.1, 0.15) is 11.8 Å². The Kier molecular flexibility index (Phi) is 2.94. The lowest BCUT2D eigenvalue weighted by Crippen LogP contribution is -2.14. The fraction of sp³-hybridized carbons (Fsp3) is 0.294. The van der Waals surface area contributed by atoms with Gasteiger partial charge in [-0.05, 0) is 35.1 Å². The van der Waals surface area contributed by atoms with Gasteiger partial charge in [-0.2, -0.15) is 5.26 Å². The summed E-state index contributed by atoms with van der Waals surface area (Å²) in [5.41, 5.74) is 4.37. The predicted molar refractivity (Wildman–Crippen MR) is 79.4 cm³/mol. The van der Waals surface area contributed by atoms with Crippen LogP contribution in [-0.4, -0.2) is 4.98 Å². The van der Waals surface area contributed by atoms with Gasteiger partial charge in [-0.3, -0.25) is 0 Å². The number of fused-ring (bicyclic) bond motifs is 1. The minimum Gasteiger partial charge on any atom is -0.377 e. The average Bonchev–Trinajstić information content (AvgIpc) is 2.72. The van der Waals surface area contributed by atoms with Crippen LogP contribution < -0.4 is 5.32 Å². The van der Waals surface area contributed by atoms with Gasteiger partial charge in [0.15, 0.2) is 0 Å². The van der Waals surface area contributed by atoms with Crippen LogP contribution in [0.4, 0.5) is 5.69 Å². The van der Waals surface area contributed by atoms with Gasteiger partial charge in [0.25, 0.3) is 0 Å². The topological polar surface area (TPSA) is 48.7 Å². The number of rotatable bonds is 2. The molecule has 0 radical (unpaired) electrons. The fourth-order valence-corrected chi connectivity index (χ4v) is 3.02. The monoisotopic (exact) mass is 263 g/mol. The molecule has 1 aliphatic carbocycles. The van der Waals surface area contributed by atoms with E-state index in [4.69, 9.17) is 5.26 Å². The molecular formula is C17H17N3. The molecule has 0 bridgehead atoms. The summed E-state index contributed by atoms with van der Waals surface area (Å²) in [7, 11) is 0. The third-order valence-corrected chi connectivity index (χ3v) is 4.00. The summed E-state index contributed by atoms with van der Waals surface area (Å²) in [4.78, 5) is 4.11. The molecule has 1 heterocycles. The molecule has 0 fully saturated rings. The third-order valence-electron chi connectivity index (χ3n) is 4.00. The zero-order chi connectivity index (χ0) is 14.2. The number of nitriles is 1. The first-order valence-electron chi connectivity index (χ1n) is 6.82. The highest BCUT2D eigenvalue weighted by Crippen LogP contribution is 2.45. The Bertz CT molecular complexity index is 665. The highest BCUT2D eigenvalue weighted by Gasteiger charge is 2.36. The van der Waals surface area contributed by atoms with Crippen molar-refractivity contribution < 1.29 is 0 Å². The standard InChI is InChI=1S/C17H17N3/c1-17(2)9-16(14-5-3-4-6-15(14)17)20-13-8-7-12(10-18)19-11-13/h3-8,11,16,20H,9H2,1-2H3. The lowest BCUT2D eigenvalue weighted by atomic mass is 9.86. The number of nitrogens with one attached hydrogen (secondary N) is 1. The van der Waals surface area contributed by atoms with Gasteiger partial charge >= 0.3 is 0 Å². The zero-order valence-electron chi connectivity index (χ0n) is 11.7. The van der Waals surface area contributed by atoms with E-state index < -0.39 is 0 Å². The molecule has 1 aliphatic rings. The predicted octanol–water partition coefficient (Wildman–Crippen LogP) is 3.79. The normalized spacial score (nSPS) is 19.1. The van der Waals surface area contributed by atoms with Crippen LogP contribution in [0.25, 0.3) is 0 Å². The first kappa shape index (κ1) is 12.7. The molecule has 1 N–H and O–H groups in total. The van der Waals surface area contributed by atoms with E-state index in [2.05, 4.69) is 48.4 Å². The van der Waals surface area contributed by atoms with Gasteiger partial charge in [0.05, 0.1) is 17.9 Å². The molecule has 3 heteroatoms. The second-order valence-corrected chi connectivity index (χ2v) is 5.92. The van der Waals surface area contributed by atoms with E-state index >= 15 is 0 Å². The number of benzene rings is 1. The molecule has 1 aromatic carbocycles. The number of anilines is 1. The minimum atomic E-state index is 0.189. The molecule has 0 aliphatic heterocycles. The summed E-state index contributed by atoms with van der Waals surface area (Å²) >= 11 is 0. The summed E-state index contributed by atoms with van der Waals surface area (Å²) < 4.78 is 0. The molecular weight excluding hydrogens is 246 g/mol. The van der Waals surface area contributed by atoms with Crippen LogP contribution >= 0.6 is 0 Å². The molecule has 1 atom stereocenters. The van der Waals surface area contributed by atoms with Crippen molar-refractivity contribution in [1.29, 1.82) is 5.26 Å². The van der Waals surface area contributed by atoms with E-state index in [0.29, 0.717) is 11.7 Å². The summed E-state index contributed by atoms with van der Waals surface area (Å²) in [5.74, 6) is 0. The molecule has 1 aromatic heterocycles. The second kappa shape index (κ2) is 4.64. The zero-order valence-corrected chi connectivity index (χ0v) is 11.7. The van der Waals surface area contributed by atoms with Crippen molar-refractivity contribution in [3.8, 4) is 6.07 Å². The Hall–Kier alpha value is -2.34. The van der Waals surface area contributed by atoms with Crippen molar-refractivity contribution in [2.24, 2.45) is 0 Å². The van der Waals surface area contributed by atoms with Crippen molar-refractivity contribution in [2.75, 3.05) is 5.32 Å². The van der Waals surface area contributed by atoms with Crippen molar-refractivity contribution in [1.82, 2.24) is 4.98 Å². The number of pyridine rings is 1. The molecule has 0 spiro atoms. The molecule has 0 amide bonds. The highest BCUT2D eigenvalue weighted by molar-refractivity contribution is 5.50. The van der Waals surface area contributed by atoms with Crippen LogP contribution in [0.3, 0.4) is 0 Å². The van der Waals surface area contributed by atoms with Crippen LogP contribution in [0, 0.1) is 11.3 Å². The molecule has 0 saturated carbocycles. The Morgan fingerprint density at radius 3 is 2.75 bits per heavy atom. The van der Waals surface area contributed by atoms with Crippen LogP contribution in [0.5, 0.6) is 0 Å². The van der Waals surface area contributed by atoms with Crippen LogP contribution in [0.15, 0.2) is 42.6 Å². The molecule has 3 rings (SSSR count). The third kappa shape index (κ3) is 2.14. The molecule has 1 unspecified atom stereocenters. The maximum atomic E-state index is 8.78. The van der Waals surface area contributed by atoms with Crippen molar-refractivity contribution in [3.63, 3.8) is 0 Å². The number of aromatic nitrogens is 1. The van der Waals surface area contributed by atoms with Gasteiger partial charge < -0.3 is 5.32 Å². The largest absolute Gasteiger partial charge is 0.377 e. The van der Waals surface area contributed by atoms with Gasteiger partial charge in [-0.15, -0.1) is 0 Å². The molecule has 20 heavy (non-hydrogen) atoms. The second-order valence-electron chi connectivity index (χ2n) is 5.92. The maximum absolute atomic E-state index is 8.78. The lowest BCUT2D eigenvalue weighted by Gasteiger charge is -2.20. The van der Waals surface area contributed by atoms with E-state index in [0.717, 1.165) is 12.1 Å². The van der Waals surface area contributed by atoms with Gasteiger partial charge in [0.2, 0.25) is 0 Å². The smallest absolute Gasteiger partial charge is 0.140 e. The summed E-state index contributed by atoms with van der Waals surface area (Å²) in [6.07, 6.45) is 2.79. The van der Waals surface area contributed by atoms with Gasteiger partial charge in [0, 0.05) is 0 Å². The summed E-state index contributed by atoms with van der Waals surface area (Å²) in [6, 6.07) is 14.6. The molecule has 0 saturated heterocycles. The van der Waals surface area contributed by atoms with E-state index in [1.54, 1.807) is 12.3 Å². The Balaban J connectivity index is 1.87. The summed E-state index contributed by atoms with van der Waals surface area (Å²) in [5, 5.41) is 12.3. The Morgan fingerprint density at radius 2 is 2.05 bits per heavy atom. The first-order chi connectivity index (χ1) is 9.60. The van der Waals surface area contributed by atoms with Crippen LogP contribution in [-0.2, 0) is 5.41 Å². The first-order valence-corrected chi connectivity index (χ1v) is 6.82. The van der Waals surface area contributed by atoms with E-state index in [-0.39, 0.29) is 5.41 Å². The van der Waals surface area contributed by atoms with Crippen LogP contribution in [0.1, 0.15) is 43.1 Å². The van der Waals surface area contributed by atoms with E-state index in [9.17, 15) is 0 Å².